The highest BCUT2D eigenvalue weighted by Gasteiger charge is 2.20. The van der Waals surface area contributed by atoms with E-state index in [4.69, 9.17) is 4.74 Å². The standard InChI is InChI=1S/C13H14N2O4/c16-10-3-1-2-9-11(10)14-13(18)15(12(9)17)8-4-6-19-7-5-8/h1-3,8,16H,4-7H2,(H,14,18). The van der Waals surface area contributed by atoms with E-state index in [9.17, 15) is 14.7 Å². The Morgan fingerprint density at radius 1 is 1.26 bits per heavy atom. The van der Waals surface area contributed by atoms with Gasteiger partial charge in [0.1, 0.15) is 5.75 Å². The van der Waals surface area contributed by atoms with Gasteiger partial charge in [0.15, 0.2) is 0 Å². The summed E-state index contributed by atoms with van der Waals surface area (Å²) < 4.78 is 6.48. The number of rotatable bonds is 1. The van der Waals surface area contributed by atoms with E-state index < -0.39 is 5.69 Å². The molecule has 6 nitrogen and oxygen atoms in total. The van der Waals surface area contributed by atoms with Crippen molar-refractivity contribution in [3.8, 4) is 5.75 Å². The van der Waals surface area contributed by atoms with Crippen molar-refractivity contribution in [2.24, 2.45) is 0 Å². The van der Waals surface area contributed by atoms with Gasteiger partial charge in [-0.05, 0) is 25.0 Å². The zero-order valence-corrected chi connectivity index (χ0v) is 10.3. The van der Waals surface area contributed by atoms with E-state index in [2.05, 4.69) is 4.98 Å². The second-order valence-electron chi connectivity index (χ2n) is 4.65. The van der Waals surface area contributed by atoms with E-state index in [1.807, 2.05) is 0 Å². The number of phenols is 1. The fourth-order valence-electron chi connectivity index (χ4n) is 2.51. The number of ether oxygens (including phenoxy) is 1. The van der Waals surface area contributed by atoms with Crippen molar-refractivity contribution in [1.29, 1.82) is 0 Å². The maximum Gasteiger partial charge on any atom is 0.329 e. The zero-order chi connectivity index (χ0) is 13.4. The minimum atomic E-state index is -0.481. The molecule has 2 aromatic rings. The average Bonchev–Trinajstić information content (AvgIpc) is 2.41. The van der Waals surface area contributed by atoms with Gasteiger partial charge < -0.3 is 14.8 Å². The molecular weight excluding hydrogens is 248 g/mol. The Balaban J connectivity index is 2.26. The van der Waals surface area contributed by atoms with Crippen molar-refractivity contribution in [3.63, 3.8) is 0 Å². The molecule has 6 heteroatoms. The van der Waals surface area contributed by atoms with E-state index in [1.165, 1.54) is 10.6 Å². The van der Waals surface area contributed by atoms with E-state index in [0.29, 0.717) is 31.4 Å². The van der Waals surface area contributed by atoms with E-state index >= 15 is 0 Å². The third-order valence-electron chi connectivity index (χ3n) is 3.50. The van der Waals surface area contributed by atoms with E-state index in [0.717, 1.165) is 0 Å². The van der Waals surface area contributed by atoms with Crippen LogP contribution in [0.3, 0.4) is 0 Å². The van der Waals surface area contributed by atoms with Gasteiger partial charge in [-0.15, -0.1) is 0 Å². The van der Waals surface area contributed by atoms with E-state index in [-0.39, 0.29) is 22.9 Å². The number of hydrogen-bond acceptors (Lipinski definition) is 4. The molecule has 0 amide bonds. The smallest absolute Gasteiger partial charge is 0.329 e. The molecule has 0 radical (unpaired) electrons. The van der Waals surface area contributed by atoms with Gasteiger partial charge >= 0.3 is 5.69 Å². The van der Waals surface area contributed by atoms with Gasteiger partial charge in [0, 0.05) is 19.3 Å². The van der Waals surface area contributed by atoms with Crippen LogP contribution in [0.1, 0.15) is 18.9 Å². The highest BCUT2D eigenvalue weighted by atomic mass is 16.5. The molecule has 100 valence electrons. The Labute approximate surface area is 108 Å². The van der Waals surface area contributed by atoms with Crippen molar-refractivity contribution < 1.29 is 9.84 Å². The highest BCUT2D eigenvalue weighted by Crippen LogP contribution is 2.21. The van der Waals surface area contributed by atoms with Crippen LogP contribution in [0.15, 0.2) is 27.8 Å². The second kappa shape index (κ2) is 4.55. The summed E-state index contributed by atoms with van der Waals surface area (Å²) in [5.41, 5.74) is -0.645. The molecule has 2 heterocycles. The third-order valence-corrected chi connectivity index (χ3v) is 3.50. The number of aromatic hydroxyl groups is 1. The lowest BCUT2D eigenvalue weighted by Crippen LogP contribution is -2.40. The largest absolute Gasteiger partial charge is 0.506 e. The number of hydrogen-bond donors (Lipinski definition) is 2. The Kier molecular flexibility index (Phi) is 2.87. The lowest BCUT2D eigenvalue weighted by molar-refractivity contribution is 0.0676. The summed E-state index contributed by atoms with van der Waals surface area (Å²) in [5.74, 6) is -0.0918. The summed E-state index contributed by atoms with van der Waals surface area (Å²) in [6, 6.07) is 4.49. The van der Waals surface area contributed by atoms with Crippen LogP contribution in [0.5, 0.6) is 5.75 Å². The van der Waals surface area contributed by atoms with Crippen LogP contribution in [0, 0.1) is 0 Å². The molecule has 1 fully saturated rings. The molecule has 1 aliphatic heterocycles. The molecule has 0 bridgehead atoms. The number of aromatic nitrogens is 2. The Morgan fingerprint density at radius 3 is 2.74 bits per heavy atom. The summed E-state index contributed by atoms with van der Waals surface area (Å²) in [6.07, 6.45) is 1.29. The molecule has 0 unspecified atom stereocenters. The number of para-hydroxylation sites is 1. The van der Waals surface area contributed by atoms with Crippen molar-refractivity contribution in [2.45, 2.75) is 18.9 Å². The van der Waals surface area contributed by atoms with Crippen LogP contribution in [-0.2, 0) is 4.74 Å². The lowest BCUT2D eigenvalue weighted by atomic mass is 10.1. The first-order valence-electron chi connectivity index (χ1n) is 6.23. The predicted molar refractivity (Wildman–Crippen MR) is 69.6 cm³/mol. The molecule has 3 rings (SSSR count). The van der Waals surface area contributed by atoms with Crippen LogP contribution >= 0.6 is 0 Å². The summed E-state index contributed by atoms with van der Waals surface area (Å²) in [5, 5.41) is 10.0. The first-order valence-corrected chi connectivity index (χ1v) is 6.23. The van der Waals surface area contributed by atoms with Crippen molar-refractivity contribution in [2.75, 3.05) is 13.2 Å². The van der Waals surface area contributed by atoms with E-state index in [1.54, 1.807) is 12.1 Å². The number of phenolic OH excluding ortho intramolecular Hbond substituents is 1. The highest BCUT2D eigenvalue weighted by molar-refractivity contribution is 5.82. The van der Waals surface area contributed by atoms with Crippen molar-refractivity contribution in [3.05, 3.63) is 39.0 Å². The summed E-state index contributed by atoms with van der Waals surface area (Å²) in [6.45, 7) is 1.10. The van der Waals surface area contributed by atoms with Crippen LogP contribution in [0.25, 0.3) is 10.9 Å². The SMILES string of the molecule is O=c1[nH]c2c(O)cccc2c(=O)n1C1CCOCC1. The van der Waals surface area contributed by atoms with Gasteiger partial charge in [0.2, 0.25) is 0 Å². The molecule has 1 saturated heterocycles. The quantitative estimate of drug-likeness (QED) is 0.794. The minimum absolute atomic E-state index is 0.0918. The molecule has 0 saturated carbocycles. The zero-order valence-electron chi connectivity index (χ0n) is 10.3. The van der Waals surface area contributed by atoms with Gasteiger partial charge in [-0.3, -0.25) is 9.36 Å². The van der Waals surface area contributed by atoms with Crippen molar-refractivity contribution >= 4 is 10.9 Å². The normalized spacial score (nSPS) is 16.8. The molecule has 1 aliphatic rings. The minimum Gasteiger partial charge on any atom is -0.506 e. The molecule has 0 atom stereocenters. The van der Waals surface area contributed by atoms with Crippen molar-refractivity contribution in [1.82, 2.24) is 9.55 Å². The van der Waals surface area contributed by atoms with Crippen LogP contribution in [0.2, 0.25) is 0 Å². The monoisotopic (exact) mass is 262 g/mol. The molecule has 19 heavy (non-hydrogen) atoms. The Morgan fingerprint density at radius 2 is 2.00 bits per heavy atom. The molecule has 0 aliphatic carbocycles. The number of nitrogens with one attached hydrogen (secondary N) is 1. The molecule has 1 aromatic heterocycles. The van der Waals surface area contributed by atoms with Gasteiger partial charge in [-0.25, -0.2) is 4.79 Å². The summed E-state index contributed by atoms with van der Waals surface area (Å²) in [7, 11) is 0. The summed E-state index contributed by atoms with van der Waals surface area (Å²) in [4.78, 5) is 27.0. The Bertz CT molecular complexity index is 725. The maximum absolute atomic E-state index is 12.4. The first kappa shape index (κ1) is 12.0. The Hall–Kier alpha value is -2.08. The molecule has 0 spiro atoms. The lowest BCUT2D eigenvalue weighted by Gasteiger charge is -2.23. The number of benzene rings is 1. The number of nitrogens with zero attached hydrogens (tertiary/aromatic N) is 1. The van der Waals surface area contributed by atoms with Crippen LogP contribution in [0.4, 0.5) is 0 Å². The number of aromatic amines is 1. The van der Waals surface area contributed by atoms with Gasteiger partial charge in [-0.2, -0.15) is 0 Å². The topological polar surface area (TPSA) is 84.3 Å². The fraction of sp³-hybridized carbons (Fsp3) is 0.385. The average molecular weight is 262 g/mol. The van der Waals surface area contributed by atoms with Gasteiger partial charge in [0.05, 0.1) is 10.9 Å². The van der Waals surface area contributed by atoms with Gasteiger partial charge in [0.25, 0.3) is 5.56 Å². The first-order chi connectivity index (χ1) is 9.18. The van der Waals surface area contributed by atoms with Gasteiger partial charge in [-0.1, -0.05) is 6.07 Å². The van der Waals surface area contributed by atoms with Crippen LogP contribution in [-0.4, -0.2) is 27.9 Å². The maximum atomic E-state index is 12.4. The number of fused-ring (bicyclic) bond motifs is 1. The van der Waals surface area contributed by atoms with Crippen LogP contribution < -0.4 is 11.2 Å². The second-order valence-corrected chi connectivity index (χ2v) is 4.65. The fourth-order valence-corrected chi connectivity index (χ4v) is 2.51. The number of H-pyrrole nitrogens is 1. The summed E-state index contributed by atoms with van der Waals surface area (Å²) >= 11 is 0. The third kappa shape index (κ3) is 1.94. The molecular formula is C13H14N2O4. The molecule has 2 N–H and O–H groups in total. The molecule has 1 aromatic carbocycles. The predicted octanol–water partition coefficient (Wildman–Crippen LogP) is 0.747.